The molecule has 2 saturated heterocycles. The van der Waals surface area contributed by atoms with Crippen LogP contribution in [-0.2, 0) is 19.1 Å². The van der Waals surface area contributed by atoms with Gasteiger partial charge in [0.1, 0.15) is 5.60 Å². The van der Waals surface area contributed by atoms with Crippen molar-refractivity contribution in [3.63, 3.8) is 0 Å². The lowest BCUT2D eigenvalue weighted by Crippen LogP contribution is -2.58. The molecule has 0 aromatic carbocycles. The quantitative estimate of drug-likeness (QED) is 0.812. The van der Waals surface area contributed by atoms with Gasteiger partial charge in [0.15, 0.2) is 0 Å². The number of hydrogen-bond acceptors (Lipinski definition) is 4. The number of carboxylic acids is 1. The predicted molar refractivity (Wildman–Crippen MR) is 66.8 cm³/mol. The van der Waals surface area contributed by atoms with Gasteiger partial charge in [-0.1, -0.05) is 0 Å². The number of carboxylic acid groups (broad SMARTS) is 1. The highest BCUT2D eigenvalue weighted by atomic mass is 16.6. The summed E-state index contributed by atoms with van der Waals surface area (Å²) in [4.78, 5) is 24.2. The number of piperidine rings is 1. The Balaban J connectivity index is 1.97. The van der Waals surface area contributed by atoms with Gasteiger partial charge < -0.3 is 19.5 Å². The molecule has 0 aromatic rings. The van der Waals surface area contributed by atoms with Gasteiger partial charge in [0.25, 0.3) is 0 Å². The number of ether oxygens (including phenoxy) is 2. The fraction of sp³-hybridized carbons (Fsp3) is 0.846. The second-order valence-electron chi connectivity index (χ2n) is 5.24. The van der Waals surface area contributed by atoms with Crippen LogP contribution < -0.4 is 0 Å². The van der Waals surface area contributed by atoms with Crippen molar-refractivity contribution in [2.24, 2.45) is 0 Å². The Kier molecular flexibility index (Phi) is 4.42. The normalized spacial score (nSPS) is 30.8. The summed E-state index contributed by atoms with van der Waals surface area (Å²) in [7, 11) is 1.68. The van der Waals surface area contributed by atoms with Gasteiger partial charge in [0, 0.05) is 26.7 Å². The molecule has 19 heavy (non-hydrogen) atoms. The Hall–Kier alpha value is -1.14. The van der Waals surface area contributed by atoms with Crippen LogP contribution in [0.15, 0.2) is 0 Å². The third-order valence-electron chi connectivity index (χ3n) is 4.03. The van der Waals surface area contributed by atoms with Crippen molar-refractivity contribution >= 4 is 11.9 Å². The Labute approximate surface area is 112 Å². The maximum atomic E-state index is 12.0. The number of carbonyl (C=O) groups is 2. The zero-order valence-electron chi connectivity index (χ0n) is 11.3. The molecule has 2 aliphatic heterocycles. The highest BCUT2D eigenvalue weighted by Crippen LogP contribution is 2.36. The van der Waals surface area contributed by atoms with Gasteiger partial charge in [-0.25, -0.2) is 0 Å². The van der Waals surface area contributed by atoms with E-state index in [2.05, 4.69) is 0 Å². The first kappa shape index (κ1) is 14.3. The third-order valence-corrected chi connectivity index (χ3v) is 4.03. The van der Waals surface area contributed by atoms with E-state index in [1.807, 2.05) is 0 Å². The number of carbonyl (C=O) groups excluding carboxylic acids is 1. The number of hydrogen-bond donors (Lipinski definition) is 1. The molecule has 2 atom stereocenters. The molecular formula is C13H21NO5. The first-order valence-corrected chi connectivity index (χ1v) is 6.74. The summed E-state index contributed by atoms with van der Waals surface area (Å²) >= 11 is 0. The Morgan fingerprint density at radius 1 is 1.47 bits per heavy atom. The van der Waals surface area contributed by atoms with Gasteiger partial charge in [0.05, 0.1) is 19.1 Å². The molecular weight excluding hydrogens is 250 g/mol. The topological polar surface area (TPSA) is 76.1 Å². The molecule has 0 unspecified atom stereocenters. The average Bonchev–Trinajstić information content (AvgIpc) is 2.84. The summed E-state index contributed by atoms with van der Waals surface area (Å²) in [6.45, 7) is 1.84. The monoisotopic (exact) mass is 271 g/mol. The lowest BCUT2D eigenvalue weighted by molar-refractivity contribution is -0.161. The summed E-state index contributed by atoms with van der Waals surface area (Å²) in [6, 6.07) is 0. The van der Waals surface area contributed by atoms with E-state index in [4.69, 9.17) is 14.6 Å². The zero-order chi connectivity index (χ0) is 13.9. The fourth-order valence-corrected chi connectivity index (χ4v) is 3.06. The van der Waals surface area contributed by atoms with Crippen LogP contribution in [0.2, 0.25) is 0 Å². The molecule has 1 spiro atoms. The maximum absolute atomic E-state index is 12.0. The van der Waals surface area contributed by atoms with Gasteiger partial charge >= 0.3 is 5.97 Å². The Bertz CT molecular complexity index is 351. The molecule has 2 fully saturated rings. The molecule has 108 valence electrons. The van der Waals surface area contributed by atoms with Gasteiger partial charge in [0.2, 0.25) is 5.91 Å². The van der Waals surface area contributed by atoms with Crippen molar-refractivity contribution in [2.75, 3.05) is 26.8 Å². The number of likely N-dealkylation sites (tertiary alicyclic amines) is 1. The van der Waals surface area contributed by atoms with Crippen molar-refractivity contribution < 1.29 is 24.2 Å². The van der Waals surface area contributed by atoms with Crippen LogP contribution in [-0.4, -0.2) is 60.4 Å². The molecule has 2 heterocycles. The predicted octanol–water partition coefficient (Wildman–Crippen LogP) is 0.648. The van der Waals surface area contributed by atoms with E-state index < -0.39 is 5.97 Å². The molecule has 0 saturated carbocycles. The smallest absolute Gasteiger partial charge is 0.303 e. The second-order valence-corrected chi connectivity index (χ2v) is 5.24. The average molecular weight is 271 g/mol. The molecule has 0 bridgehead atoms. The molecule has 1 amide bonds. The minimum Gasteiger partial charge on any atom is -0.481 e. The first-order valence-electron chi connectivity index (χ1n) is 6.74. The standard InChI is InChI=1S/C13H21NO5/c1-18-10-5-7-14(11(15)3-4-12(16)17)9-13(10)6-2-8-19-13/h10H,2-9H2,1H3,(H,16,17)/t10-,13-/m0/s1. The number of methoxy groups -OCH3 is 1. The van der Waals surface area contributed by atoms with Crippen molar-refractivity contribution in [3.8, 4) is 0 Å². The van der Waals surface area contributed by atoms with E-state index in [0.29, 0.717) is 19.7 Å². The first-order chi connectivity index (χ1) is 9.07. The Morgan fingerprint density at radius 2 is 2.26 bits per heavy atom. The summed E-state index contributed by atoms with van der Waals surface area (Å²) in [5.74, 6) is -1.04. The highest BCUT2D eigenvalue weighted by molar-refractivity contribution is 5.80. The maximum Gasteiger partial charge on any atom is 0.303 e. The van der Waals surface area contributed by atoms with Gasteiger partial charge in [-0.2, -0.15) is 0 Å². The van der Waals surface area contributed by atoms with Crippen LogP contribution in [0.5, 0.6) is 0 Å². The van der Waals surface area contributed by atoms with Crippen LogP contribution >= 0.6 is 0 Å². The molecule has 0 radical (unpaired) electrons. The van der Waals surface area contributed by atoms with Gasteiger partial charge in [-0.15, -0.1) is 0 Å². The summed E-state index contributed by atoms with van der Waals surface area (Å²) in [5, 5.41) is 8.63. The fourth-order valence-electron chi connectivity index (χ4n) is 3.06. The second kappa shape index (κ2) is 5.88. The van der Waals surface area contributed by atoms with Crippen LogP contribution in [0.4, 0.5) is 0 Å². The Morgan fingerprint density at radius 3 is 2.84 bits per heavy atom. The number of rotatable bonds is 4. The lowest BCUT2D eigenvalue weighted by Gasteiger charge is -2.44. The molecule has 1 N–H and O–H groups in total. The van der Waals surface area contributed by atoms with E-state index in [9.17, 15) is 9.59 Å². The molecule has 0 aliphatic carbocycles. The summed E-state index contributed by atoms with van der Waals surface area (Å²) in [6.07, 6.45) is 2.60. The number of aliphatic carboxylic acids is 1. The van der Waals surface area contributed by atoms with Crippen LogP contribution in [0.1, 0.15) is 32.1 Å². The molecule has 6 nitrogen and oxygen atoms in total. The lowest BCUT2D eigenvalue weighted by atomic mass is 9.86. The third kappa shape index (κ3) is 3.06. The molecule has 0 aromatic heterocycles. The van der Waals surface area contributed by atoms with Gasteiger partial charge in [-0.05, 0) is 19.3 Å². The largest absolute Gasteiger partial charge is 0.481 e. The SMILES string of the molecule is CO[C@H]1CCN(C(=O)CCC(=O)O)C[C@@]12CCCO2. The van der Waals surface area contributed by atoms with E-state index in [0.717, 1.165) is 19.3 Å². The van der Waals surface area contributed by atoms with E-state index >= 15 is 0 Å². The minimum absolute atomic E-state index is 0.0264. The summed E-state index contributed by atoms with van der Waals surface area (Å²) < 4.78 is 11.4. The van der Waals surface area contributed by atoms with E-state index in [1.54, 1.807) is 12.0 Å². The molecule has 2 aliphatic rings. The highest BCUT2D eigenvalue weighted by Gasteiger charge is 2.48. The molecule has 6 heteroatoms. The van der Waals surface area contributed by atoms with E-state index in [1.165, 1.54) is 0 Å². The van der Waals surface area contributed by atoms with Crippen LogP contribution in [0.25, 0.3) is 0 Å². The minimum atomic E-state index is -0.938. The van der Waals surface area contributed by atoms with Crippen molar-refractivity contribution in [1.29, 1.82) is 0 Å². The molecule has 2 rings (SSSR count). The summed E-state index contributed by atoms with van der Waals surface area (Å²) in [5.41, 5.74) is -0.383. The van der Waals surface area contributed by atoms with Crippen molar-refractivity contribution in [2.45, 2.75) is 43.8 Å². The number of amides is 1. The van der Waals surface area contributed by atoms with Crippen molar-refractivity contribution in [3.05, 3.63) is 0 Å². The van der Waals surface area contributed by atoms with Crippen LogP contribution in [0, 0.1) is 0 Å². The zero-order valence-corrected chi connectivity index (χ0v) is 11.3. The van der Waals surface area contributed by atoms with E-state index in [-0.39, 0.29) is 30.5 Å². The van der Waals surface area contributed by atoms with Crippen molar-refractivity contribution in [1.82, 2.24) is 4.90 Å². The van der Waals surface area contributed by atoms with Crippen LogP contribution in [0.3, 0.4) is 0 Å². The van der Waals surface area contributed by atoms with Gasteiger partial charge in [-0.3, -0.25) is 9.59 Å². The number of nitrogens with zero attached hydrogens (tertiary/aromatic N) is 1.